The predicted molar refractivity (Wildman–Crippen MR) is 161 cm³/mol. The molecule has 8 nitrogen and oxygen atoms in total. The van der Waals surface area contributed by atoms with Gasteiger partial charge in [-0.2, -0.15) is 5.26 Å². The minimum absolute atomic E-state index is 0.0486. The van der Waals surface area contributed by atoms with E-state index < -0.39 is 0 Å². The lowest BCUT2D eigenvalue weighted by Crippen LogP contribution is -2.33. The Bertz CT molecular complexity index is 1430. The summed E-state index contributed by atoms with van der Waals surface area (Å²) in [6, 6.07) is 8.65. The van der Waals surface area contributed by atoms with Gasteiger partial charge in [-0.25, -0.2) is 0 Å². The summed E-state index contributed by atoms with van der Waals surface area (Å²) in [4.78, 5) is 27.0. The van der Waals surface area contributed by atoms with Gasteiger partial charge in [0.1, 0.15) is 11.1 Å². The van der Waals surface area contributed by atoms with Crippen molar-refractivity contribution in [3.05, 3.63) is 56.7 Å². The standard InChI is InChI=1S/C29H35ClN6O2S2/c1-16(2)24(33-26(38)17-7-10-19(30)11-8-17)25-34-35-28(36(25)6)39-15-23(37)32-27-21(14-31)20-12-9-18(29(3,4)5)13-22(20)40-27/h7-8,10-11,16,18,24H,9,12-13,15H2,1-6H3,(H,32,37)(H,33,38)/t18-,24-/m0/s1. The van der Waals surface area contributed by atoms with E-state index in [1.807, 2.05) is 25.5 Å². The molecule has 0 fully saturated rings. The lowest BCUT2D eigenvalue weighted by Gasteiger charge is -2.33. The van der Waals surface area contributed by atoms with Crippen LogP contribution in [0.15, 0.2) is 29.4 Å². The maximum Gasteiger partial charge on any atom is 0.251 e. The topological polar surface area (TPSA) is 113 Å². The van der Waals surface area contributed by atoms with Crippen LogP contribution >= 0.6 is 34.7 Å². The molecule has 2 heterocycles. The summed E-state index contributed by atoms with van der Waals surface area (Å²) in [7, 11) is 1.83. The molecule has 1 aromatic carbocycles. The van der Waals surface area contributed by atoms with Crippen LogP contribution in [0.2, 0.25) is 5.02 Å². The average Bonchev–Trinajstić information content (AvgIpc) is 3.43. The summed E-state index contributed by atoms with van der Waals surface area (Å²) in [5.74, 6) is 0.896. The van der Waals surface area contributed by atoms with Gasteiger partial charge in [0.2, 0.25) is 5.91 Å². The smallest absolute Gasteiger partial charge is 0.251 e. The fourth-order valence-electron chi connectivity index (χ4n) is 4.90. The van der Waals surface area contributed by atoms with Gasteiger partial charge in [-0.05, 0) is 66.3 Å². The van der Waals surface area contributed by atoms with Crippen molar-refractivity contribution in [3.63, 3.8) is 0 Å². The van der Waals surface area contributed by atoms with Crippen LogP contribution in [0.1, 0.15) is 79.3 Å². The van der Waals surface area contributed by atoms with Crippen LogP contribution < -0.4 is 10.6 Å². The van der Waals surface area contributed by atoms with Crippen molar-refractivity contribution < 1.29 is 9.59 Å². The zero-order valence-corrected chi connectivity index (χ0v) is 26.1. The average molecular weight is 599 g/mol. The molecule has 0 unspecified atom stereocenters. The molecule has 1 aliphatic carbocycles. The molecule has 0 bridgehead atoms. The first-order valence-corrected chi connectivity index (χ1v) is 15.5. The van der Waals surface area contributed by atoms with E-state index in [-0.39, 0.29) is 34.9 Å². The number of nitrogens with zero attached hydrogens (tertiary/aromatic N) is 4. The van der Waals surface area contributed by atoms with Crippen molar-refractivity contribution in [3.8, 4) is 6.07 Å². The number of thioether (sulfide) groups is 1. The second-order valence-electron chi connectivity index (χ2n) is 11.6. The molecule has 40 heavy (non-hydrogen) atoms. The molecule has 4 rings (SSSR count). The van der Waals surface area contributed by atoms with Crippen molar-refractivity contribution in [2.24, 2.45) is 24.3 Å². The first-order valence-electron chi connectivity index (χ1n) is 13.3. The Kier molecular flexibility index (Phi) is 9.28. The van der Waals surface area contributed by atoms with E-state index in [1.54, 1.807) is 24.3 Å². The Hall–Kier alpha value is -2.87. The van der Waals surface area contributed by atoms with Crippen molar-refractivity contribution in [1.82, 2.24) is 20.1 Å². The van der Waals surface area contributed by atoms with E-state index in [9.17, 15) is 14.9 Å². The van der Waals surface area contributed by atoms with Crippen LogP contribution in [0, 0.1) is 28.6 Å². The van der Waals surface area contributed by atoms with E-state index in [4.69, 9.17) is 11.6 Å². The third kappa shape index (κ3) is 6.70. The highest BCUT2D eigenvalue weighted by Crippen LogP contribution is 2.44. The molecule has 2 N–H and O–H groups in total. The fourth-order valence-corrected chi connectivity index (χ4v) is 7.04. The van der Waals surface area contributed by atoms with Gasteiger partial charge < -0.3 is 15.2 Å². The van der Waals surface area contributed by atoms with E-state index in [1.165, 1.54) is 28.0 Å². The Morgan fingerprint density at radius 3 is 2.58 bits per heavy atom. The first kappa shape index (κ1) is 30.1. The van der Waals surface area contributed by atoms with E-state index in [0.29, 0.717) is 38.0 Å². The lowest BCUT2D eigenvalue weighted by atomic mass is 9.72. The third-order valence-electron chi connectivity index (χ3n) is 7.39. The summed E-state index contributed by atoms with van der Waals surface area (Å²) >= 11 is 8.75. The molecule has 1 aliphatic rings. The number of hydrogen-bond acceptors (Lipinski definition) is 7. The van der Waals surface area contributed by atoms with Crippen LogP contribution in [0.4, 0.5) is 5.00 Å². The summed E-state index contributed by atoms with van der Waals surface area (Å²) in [5.41, 5.74) is 2.40. The van der Waals surface area contributed by atoms with E-state index >= 15 is 0 Å². The number of nitrogens with one attached hydrogen (secondary N) is 2. The van der Waals surface area contributed by atoms with Crippen molar-refractivity contribution >= 4 is 51.5 Å². The maximum absolute atomic E-state index is 12.9. The number of aromatic nitrogens is 3. The van der Waals surface area contributed by atoms with Crippen LogP contribution in [-0.2, 0) is 24.7 Å². The van der Waals surface area contributed by atoms with E-state index in [0.717, 1.165) is 24.8 Å². The molecular weight excluding hydrogens is 564 g/mol. The van der Waals surface area contributed by atoms with Gasteiger partial charge in [-0.15, -0.1) is 21.5 Å². The predicted octanol–water partition coefficient (Wildman–Crippen LogP) is 6.41. The maximum atomic E-state index is 12.9. The number of benzene rings is 1. The van der Waals surface area contributed by atoms with Gasteiger partial charge in [0, 0.05) is 22.5 Å². The molecule has 11 heteroatoms. The fraction of sp³-hybridized carbons (Fsp3) is 0.483. The monoisotopic (exact) mass is 598 g/mol. The summed E-state index contributed by atoms with van der Waals surface area (Å²) in [6.45, 7) is 10.8. The van der Waals surface area contributed by atoms with Gasteiger partial charge in [0.15, 0.2) is 11.0 Å². The first-order chi connectivity index (χ1) is 18.9. The molecule has 0 spiro atoms. The number of nitriles is 1. The summed E-state index contributed by atoms with van der Waals surface area (Å²) < 4.78 is 1.81. The summed E-state index contributed by atoms with van der Waals surface area (Å²) in [6.07, 6.45) is 2.86. The van der Waals surface area contributed by atoms with Gasteiger partial charge in [0.05, 0.1) is 17.4 Å². The molecular formula is C29H35ClN6O2S2. The number of rotatable bonds is 8. The lowest BCUT2D eigenvalue weighted by molar-refractivity contribution is -0.113. The minimum Gasteiger partial charge on any atom is -0.342 e. The number of fused-ring (bicyclic) bond motifs is 1. The Morgan fingerprint density at radius 1 is 1.25 bits per heavy atom. The van der Waals surface area contributed by atoms with Gasteiger partial charge in [-0.3, -0.25) is 9.59 Å². The second kappa shape index (κ2) is 12.3. The molecule has 3 aromatic rings. The van der Waals surface area contributed by atoms with Crippen LogP contribution in [0.25, 0.3) is 0 Å². The number of hydrogen-bond donors (Lipinski definition) is 2. The van der Waals surface area contributed by atoms with Crippen molar-refractivity contribution in [1.29, 1.82) is 5.26 Å². The zero-order valence-electron chi connectivity index (χ0n) is 23.7. The number of carbonyl (C=O) groups is 2. The highest BCUT2D eigenvalue weighted by atomic mass is 35.5. The van der Waals surface area contributed by atoms with Gasteiger partial charge >= 0.3 is 0 Å². The highest BCUT2D eigenvalue weighted by molar-refractivity contribution is 7.99. The van der Waals surface area contributed by atoms with Crippen LogP contribution in [0.5, 0.6) is 0 Å². The molecule has 0 radical (unpaired) electrons. The molecule has 212 valence electrons. The largest absolute Gasteiger partial charge is 0.342 e. The van der Waals surface area contributed by atoms with E-state index in [2.05, 4.69) is 47.7 Å². The van der Waals surface area contributed by atoms with Crippen molar-refractivity contribution in [2.75, 3.05) is 11.1 Å². The van der Waals surface area contributed by atoms with Gasteiger partial charge in [0.25, 0.3) is 5.91 Å². The Labute approximate surface area is 248 Å². The summed E-state index contributed by atoms with van der Waals surface area (Å²) in [5, 5.41) is 26.2. The quantitative estimate of drug-likeness (QED) is 0.290. The molecule has 0 saturated heterocycles. The number of amides is 2. The molecule has 2 aromatic heterocycles. The highest BCUT2D eigenvalue weighted by Gasteiger charge is 2.32. The minimum atomic E-state index is -0.378. The molecule has 2 amide bonds. The normalized spacial score (nSPS) is 15.8. The number of anilines is 1. The number of halogens is 1. The molecule has 0 saturated carbocycles. The molecule has 2 atom stereocenters. The van der Waals surface area contributed by atoms with Gasteiger partial charge in [-0.1, -0.05) is 58.0 Å². The second-order valence-corrected chi connectivity index (χ2v) is 14.0. The molecule has 0 aliphatic heterocycles. The third-order valence-corrected chi connectivity index (χ3v) is 9.84. The van der Waals surface area contributed by atoms with Crippen LogP contribution in [-0.4, -0.2) is 32.3 Å². The van der Waals surface area contributed by atoms with Crippen molar-refractivity contribution in [2.45, 2.75) is 65.1 Å². The van der Waals surface area contributed by atoms with Crippen LogP contribution in [0.3, 0.4) is 0 Å². The zero-order chi connectivity index (χ0) is 29.2. The Morgan fingerprint density at radius 2 is 1.95 bits per heavy atom. The number of thiophene rings is 1. The number of carbonyl (C=O) groups excluding carboxylic acids is 2. The SMILES string of the molecule is CC(C)[C@H](NC(=O)c1ccc(Cl)cc1)c1nnc(SCC(=O)Nc2sc3c(c2C#N)CC[C@H](C(C)(C)C)C3)n1C. The Balaban J connectivity index is 1.41.